The number of hydrogen-bond acceptors (Lipinski definition) is 5. The van der Waals surface area contributed by atoms with E-state index in [4.69, 9.17) is 9.47 Å². The molecule has 2 aromatic carbocycles. The van der Waals surface area contributed by atoms with E-state index < -0.39 is 24.9 Å². The second-order valence-corrected chi connectivity index (χ2v) is 9.37. The molecule has 144 valence electrons. The van der Waals surface area contributed by atoms with Crippen LogP contribution in [0.1, 0.15) is 6.92 Å². The molecule has 1 heterocycles. The first-order valence-corrected chi connectivity index (χ1v) is 10.3. The SMILES string of the molecule is COC(=O)C1=C(C(=O)OC)C(C)=P(c2ccccc2)(c2ccccc2)NC1=O. The van der Waals surface area contributed by atoms with Crippen molar-refractivity contribution in [2.45, 2.75) is 6.92 Å². The zero-order chi connectivity index (χ0) is 20.3. The molecule has 0 bridgehead atoms. The average Bonchev–Trinajstić information content (AvgIpc) is 2.75. The molecule has 0 aromatic heterocycles. The highest BCUT2D eigenvalue weighted by Crippen LogP contribution is 2.47. The minimum Gasteiger partial charge on any atom is -0.465 e. The van der Waals surface area contributed by atoms with Crippen molar-refractivity contribution in [3.8, 4) is 0 Å². The Morgan fingerprint density at radius 3 is 1.64 bits per heavy atom. The quantitative estimate of drug-likeness (QED) is 0.481. The maximum Gasteiger partial charge on any atom is 0.344 e. The van der Waals surface area contributed by atoms with E-state index in [1.807, 2.05) is 60.7 Å². The Balaban J connectivity index is 2.50. The van der Waals surface area contributed by atoms with E-state index in [0.717, 1.165) is 17.7 Å². The van der Waals surface area contributed by atoms with Crippen molar-refractivity contribution < 1.29 is 23.9 Å². The molecule has 0 saturated heterocycles. The summed E-state index contributed by atoms with van der Waals surface area (Å²) in [5, 5.41) is 5.35. The number of carbonyl (C=O) groups is 3. The van der Waals surface area contributed by atoms with E-state index in [1.54, 1.807) is 6.92 Å². The molecule has 1 aliphatic heterocycles. The van der Waals surface area contributed by atoms with E-state index in [9.17, 15) is 14.4 Å². The first-order chi connectivity index (χ1) is 13.5. The molecule has 0 radical (unpaired) electrons. The van der Waals surface area contributed by atoms with Crippen molar-refractivity contribution >= 4 is 40.8 Å². The molecule has 0 atom stereocenters. The third kappa shape index (κ3) is 3.06. The van der Waals surface area contributed by atoms with Gasteiger partial charge in [0.1, 0.15) is 5.57 Å². The van der Waals surface area contributed by atoms with Crippen LogP contribution in [0.2, 0.25) is 0 Å². The van der Waals surface area contributed by atoms with Crippen LogP contribution < -0.4 is 15.7 Å². The zero-order valence-electron chi connectivity index (χ0n) is 15.8. The highest BCUT2D eigenvalue weighted by molar-refractivity contribution is 7.88. The van der Waals surface area contributed by atoms with Gasteiger partial charge in [-0.15, -0.1) is 0 Å². The number of rotatable bonds is 4. The molecule has 0 saturated carbocycles. The number of nitrogens with one attached hydrogen (secondary N) is 1. The van der Waals surface area contributed by atoms with Crippen molar-refractivity contribution in [2.24, 2.45) is 0 Å². The Kier molecular flexibility index (Phi) is 5.52. The average molecular weight is 397 g/mol. The van der Waals surface area contributed by atoms with E-state index in [-0.39, 0.29) is 11.1 Å². The fourth-order valence-corrected chi connectivity index (χ4v) is 7.06. The van der Waals surface area contributed by atoms with Gasteiger partial charge in [0, 0.05) is 7.04 Å². The van der Waals surface area contributed by atoms with Gasteiger partial charge in [-0.3, -0.25) is 4.79 Å². The van der Waals surface area contributed by atoms with Crippen LogP contribution in [0.5, 0.6) is 0 Å². The van der Waals surface area contributed by atoms with E-state index in [1.165, 1.54) is 7.11 Å². The number of esters is 2. The van der Waals surface area contributed by atoms with E-state index in [2.05, 4.69) is 5.09 Å². The molecule has 0 spiro atoms. The van der Waals surface area contributed by atoms with Gasteiger partial charge >= 0.3 is 11.9 Å². The molecule has 6 nitrogen and oxygen atoms in total. The number of ether oxygens (including phenoxy) is 2. The minimum absolute atomic E-state index is 0.0425. The Labute approximate surface area is 163 Å². The predicted octanol–water partition coefficient (Wildman–Crippen LogP) is 1.53. The van der Waals surface area contributed by atoms with Crippen LogP contribution in [-0.2, 0) is 23.9 Å². The summed E-state index contributed by atoms with van der Waals surface area (Å²) in [5.74, 6) is -2.28. The predicted molar refractivity (Wildman–Crippen MR) is 109 cm³/mol. The van der Waals surface area contributed by atoms with Crippen LogP contribution >= 0.6 is 7.04 Å². The van der Waals surface area contributed by atoms with Gasteiger partial charge in [0.2, 0.25) is 0 Å². The lowest BCUT2D eigenvalue weighted by molar-refractivity contribution is -0.140. The fourth-order valence-electron chi connectivity index (χ4n) is 3.37. The molecule has 3 rings (SSSR count). The van der Waals surface area contributed by atoms with E-state index >= 15 is 0 Å². The number of carbonyl (C=O) groups excluding carboxylic acids is 3. The molecule has 1 aliphatic rings. The van der Waals surface area contributed by atoms with Crippen molar-refractivity contribution in [1.82, 2.24) is 5.09 Å². The summed E-state index contributed by atoms with van der Waals surface area (Å²) in [7, 11) is -0.320. The smallest absolute Gasteiger partial charge is 0.344 e. The van der Waals surface area contributed by atoms with Crippen LogP contribution in [-0.4, -0.2) is 37.4 Å². The van der Waals surface area contributed by atoms with Crippen LogP contribution in [0.3, 0.4) is 0 Å². The van der Waals surface area contributed by atoms with Crippen LogP contribution in [0.25, 0.3) is 0 Å². The Morgan fingerprint density at radius 1 is 0.786 bits per heavy atom. The van der Waals surface area contributed by atoms with Crippen molar-refractivity contribution in [2.75, 3.05) is 14.2 Å². The van der Waals surface area contributed by atoms with Gasteiger partial charge in [-0.2, -0.15) is 0 Å². The number of amides is 1. The number of methoxy groups -OCH3 is 2. The molecular weight excluding hydrogens is 377 g/mol. The highest BCUT2D eigenvalue weighted by atomic mass is 31.2. The summed E-state index contributed by atoms with van der Waals surface area (Å²) in [5.41, 5.74) is -0.381. The molecule has 28 heavy (non-hydrogen) atoms. The van der Waals surface area contributed by atoms with Crippen LogP contribution in [0.15, 0.2) is 71.8 Å². The number of hydrogen-bond donors (Lipinski definition) is 1. The third-order valence-electron chi connectivity index (χ3n) is 4.68. The summed E-state index contributed by atoms with van der Waals surface area (Å²) in [6.45, 7) is 1.75. The van der Waals surface area contributed by atoms with Gasteiger partial charge in [-0.1, -0.05) is 60.7 Å². The topological polar surface area (TPSA) is 81.7 Å². The summed E-state index contributed by atoms with van der Waals surface area (Å²) in [6.07, 6.45) is 0. The van der Waals surface area contributed by atoms with Gasteiger partial charge in [0.25, 0.3) is 5.91 Å². The summed E-state index contributed by atoms with van der Waals surface area (Å²) >= 11 is 0. The third-order valence-corrected chi connectivity index (χ3v) is 8.59. The van der Waals surface area contributed by atoms with Gasteiger partial charge in [-0.05, 0) is 22.8 Å². The Bertz CT molecular complexity index is 982. The van der Waals surface area contributed by atoms with Crippen molar-refractivity contribution in [3.63, 3.8) is 0 Å². The standard InChI is InChI=1S/C21H20NO5P/c1-14-17(20(24)26-2)18(21(25)27-3)19(23)22-28(14,15-10-6-4-7-11-15)16-12-8-5-9-13-16/h4-13H,1-3H3,(H,22,23). The Hall–Kier alpha value is -3.11. The second-order valence-electron chi connectivity index (χ2n) is 6.10. The molecule has 0 aliphatic carbocycles. The molecule has 0 fully saturated rings. The monoisotopic (exact) mass is 397 g/mol. The lowest BCUT2D eigenvalue weighted by atomic mass is 10.1. The fraction of sp³-hybridized carbons (Fsp3) is 0.143. The summed E-state index contributed by atoms with van der Waals surface area (Å²) in [6, 6.07) is 18.9. The molecule has 0 unspecified atom stereocenters. The first kappa shape index (κ1) is 19.6. The summed E-state index contributed by atoms with van der Waals surface area (Å²) in [4.78, 5) is 38.0. The zero-order valence-corrected chi connectivity index (χ0v) is 16.7. The lowest BCUT2D eigenvalue weighted by Crippen LogP contribution is -2.43. The number of benzene rings is 2. The maximum atomic E-state index is 13.1. The van der Waals surface area contributed by atoms with Gasteiger partial charge in [-0.25, -0.2) is 9.59 Å². The molecule has 1 amide bonds. The lowest BCUT2D eigenvalue weighted by Gasteiger charge is -2.35. The normalized spacial score (nSPS) is 15.7. The van der Waals surface area contributed by atoms with E-state index in [0.29, 0.717) is 5.29 Å². The summed E-state index contributed by atoms with van der Waals surface area (Å²) < 4.78 is 9.66. The van der Waals surface area contributed by atoms with Crippen LogP contribution in [0, 0.1) is 0 Å². The van der Waals surface area contributed by atoms with Gasteiger partial charge in [0.05, 0.1) is 19.8 Å². The van der Waals surface area contributed by atoms with Crippen molar-refractivity contribution in [1.29, 1.82) is 0 Å². The van der Waals surface area contributed by atoms with Gasteiger partial charge in [0.15, 0.2) is 0 Å². The van der Waals surface area contributed by atoms with Crippen molar-refractivity contribution in [3.05, 3.63) is 71.8 Å². The maximum absolute atomic E-state index is 13.1. The largest absolute Gasteiger partial charge is 0.465 e. The van der Waals surface area contributed by atoms with Gasteiger partial charge < -0.3 is 14.6 Å². The minimum atomic E-state index is -2.70. The highest BCUT2D eigenvalue weighted by Gasteiger charge is 2.41. The molecule has 2 aromatic rings. The molecule has 7 heteroatoms. The Morgan fingerprint density at radius 2 is 1.21 bits per heavy atom. The molecular formula is C21H20NO5P. The molecule has 1 N–H and O–H groups in total. The van der Waals surface area contributed by atoms with Crippen LogP contribution in [0.4, 0.5) is 0 Å². The first-order valence-electron chi connectivity index (χ1n) is 8.55. The second kappa shape index (κ2) is 7.87.